The van der Waals surface area contributed by atoms with Crippen molar-refractivity contribution in [1.82, 2.24) is 5.32 Å². The van der Waals surface area contributed by atoms with Crippen molar-refractivity contribution in [1.29, 1.82) is 0 Å². The topological polar surface area (TPSA) is 104 Å². The summed E-state index contributed by atoms with van der Waals surface area (Å²) in [6.45, 7) is 0.0844. The number of nitrogens with zero attached hydrogens (tertiary/aromatic N) is 1. The molecule has 2 N–H and O–H groups in total. The second-order valence-corrected chi connectivity index (χ2v) is 11.9. The van der Waals surface area contributed by atoms with Gasteiger partial charge in [0.25, 0.3) is 10.0 Å². The predicted octanol–water partition coefficient (Wildman–Crippen LogP) is 5.83. The smallest absolute Gasteiger partial charge is 0.416 e. The highest BCUT2D eigenvalue weighted by Gasteiger charge is 2.42. The molecule has 1 atom stereocenters. The quantitative estimate of drug-likeness (QED) is 0.249. The van der Waals surface area contributed by atoms with E-state index in [0.29, 0.717) is 16.8 Å². The fourth-order valence-corrected chi connectivity index (χ4v) is 6.83. The first-order chi connectivity index (χ1) is 20.4. The normalized spacial score (nSPS) is 14.8. The van der Waals surface area contributed by atoms with E-state index < -0.39 is 39.7 Å². The number of fused-ring (bicyclic) bond motifs is 1. The van der Waals surface area contributed by atoms with Crippen LogP contribution in [0.5, 0.6) is 0 Å². The molecule has 0 saturated carbocycles. The van der Waals surface area contributed by atoms with E-state index in [0.717, 1.165) is 27.6 Å². The minimum absolute atomic E-state index is 0.0680. The summed E-state index contributed by atoms with van der Waals surface area (Å²) >= 11 is 0. The highest BCUT2D eigenvalue weighted by Crippen LogP contribution is 2.38. The largest absolute Gasteiger partial charge is 0.481 e. The van der Waals surface area contributed by atoms with Crippen molar-refractivity contribution in [2.24, 2.45) is 0 Å². The molecule has 43 heavy (non-hydrogen) atoms. The van der Waals surface area contributed by atoms with Gasteiger partial charge in [0.2, 0.25) is 5.91 Å². The highest BCUT2D eigenvalue weighted by atomic mass is 32.2. The molecule has 0 saturated heterocycles. The van der Waals surface area contributed by atoms with Crippen LogP contribution in [0.15, 0.2) is 102 Å². The number of alkyl halides is 3. The Balaban J connectivity index is 1.40. The molecule has 0 radical (unpaired) electrons. The maximum atomic E-state index is 14.0. The number of rotatable bonds is 9. The van der Waals surface area contributed by atoms with E-state index in [1.165, 1.54) is 36.4 Å². The number of hydrogen-bond donors (Lipinski definition) is 2. The Kier molecular flexibility index (Phi) is 8.27. The number of carboxylic acid groups (broad SMARTS) is 1. The summed E-state index contributed by atoms with van der Waals surface area (Å²) in [5, 5.41) is 11.9. The molecule has 1 amide bonds. The molecule has 0 fully saturated rings. The number of benzene rings is 4. The Morgan fingerprint density at radius 3 is 2.23 bits per heavy atom. The Morgan fingerprint density at radius 2 is 1.53 bits per heavy atom. The van der Waals surface area contributed by atoms with Gasteiger partial charge in [0.15, 0.2) is 0 Å². The van der Waals surface area contributed by atoms with Crippen molar-refractivity contribution in [3.05, 3.63) is 119 Å². The molecule has 4 aromatic rings. The Hall–Kier alpha value is -4.64. The SMILES string of the molecule is O=C(O)CCc1ccccc1CNC(=O)[C@@H]1Cc2ccccc2N1S(=O)(=O)c1ccc(-c2cccc(C(F)(F)F)c2)cc1. The van der Waals surface area contributed by atoms with E-state index >= 15 is 0 Å². The van der Waals surface area contributed by atoms with Crippen molar-refractivity contribution in [3.8, 4) is 11.1 Å². The number of hydrogen-bond acceptors (Lipinski definition) is 4. The minimum Gasteiger partial charge on any atom is -0.481 e. The van der Waals surface area contributed by atoms with E-state index in [2.05, 4.69) is 5.32 Å². The number of para-hydroxylation sites is 1. The molecular weight excluding hydrogens is 581 g/mol. The summed E-state index contributed by atoms with van der Waals surface area (Å²) in [7, 11) is -4.26. The van der Waals surface area contributed by atoms with Crippen LogP contribution in [0.1, 0.15) is 28.7 Å². The average Bonchev–Trinajstić information content (AvgIpc) is 3.40. The lowest BCUT2D eigenvalue weighted by Crippen LogP contribution is -2.47. The molecule has 7 nitrogen and oxygen atoms in total. The molecule has 222 valence electrons. The van der Waals surface area contributed by atoms with Crippen molar-refractivity contribution < 1.29 is 36.3 Å². The third-order valence-corrected chi connectivity index (χ3v) is 9.18. The predicted molar refractivity (Wildman–Crippen MR) is 155 cm³/mol. The summed E-state index contributed by atoms with van der Waals surface area (Å²) < 4.78 is 68.6. The van der Waals surface area contributed by atoms with E-state index in [-0.39, 0.29) is 36.3 Å². The highest BCUT2D eigenvalue weighted by molar-refractivity contribution is 7.93. The molecule has 0 unspecified atom stereocenters. The van der Waals surface area contributed by atoms with Crippen molar-refractivity contribution in [2.75, 3.05) is 4.31 Å². The van der Waals surface area contributed by atoms with Gasteiger partial charge in [0, 0.05) is 19.4 Å². The van der Waals surface area contributed by atoms with Crippen LogP contribution < -0.4 is 9.62 Å². The lowest BCUT2D eigenvalue weighted by molar-refractivity contribution is -0.138. The summed E-state index contributed by atoms with van der Waals surface area (Å²) in [5.41, 5.74) is 2.42. The third kappa shape index (κ3) is 6.41. The molecule has 1 aliphatic rings. The van der Waals surface area contributed by atoms with Crippen molar-refractivity contribution in [2.45, 2.75) is 42.9 Å². The number of aryl methyl sites for hydroxylation is 1. The van der Waals surface area contributed by atoms with Crippen molar-refractivity contribution in [3.63, 3.8) is 0 Å². The number of nitrogens with one attached hydrogen (secondary N) is 1. The molecule has 1 aliphatic heterocycles. The first-order valence-electron chi connectivity index (χ1n) is 13.4. The van der Waals surface area contributed by atoms with Crippen LogP contribution in [0.4, 0.5) is 18.9 Å². The molecule has 5 rings (SSSR count). The maximum Gasteiger partial charge on any atom is 0.416 e. The lowest BCUT2D eigenvalue weighted by Gasteiger charge is -2.26. The number of amides is 1. The molecule has 0 bridgehead atoms. The van der Waals surface area contributed by atoms with Gasteiger partial charge in [-0.15, -0.1) is 0 Å². The monoisotopic (exact) mass is 608 g/mol. The number of anilines is 1. The van der Waals surface area contributed by atoms with Crippen LogP contribution in [0.25, 0.3) is 11.1 Å². The zero-order valence-corrected chi connectivity index (χ0v) is 23.5. The van der Waals surface area contributed by atoms with Gasteiger partial charge in [-0.1, -0.05) is 66.7 Å². The first-order valence-corrected chi connectivity index (χ1v) is 14.9. The zero-order valence-electron chi connectivity index (χ0n) is 22.7. The molecule has 0 aromatic heterocycles. The van der Waals surface area contributed by atoms with Gasteiger partial charge in [-0.25, -0.2) is 8.42 Å². The second-order valence-electron chi connectivity index (χ2n) is 10.1. The van der Waals surface area contributed by atoms with Crippen LogP contribution in [0, 0.1) is 0 Å². The van der Waals surface area contributed by atoms with Crippen molar-refractivity contribution >= 4 is 27.6 Å². The first kappa shape index (κ1) is 29.8. The molecule has 1 heterocycles. The number of carbonyl (C=O) groups is 2. The zero-order chi connectivity index (χ0) is 30.8. The van der Waals surface area contributed by atoms with Gasteiger partial charge >= 0.3 is 12.1 Å². The molecule has 0 aliphatic carbocycles. The Labute approximate surface area is 246 Å². The fraction of sp³-hybridized carbons (Fsp3) is 0.188. The molecule has 11 heteroatoms. The van der Waals surface area contributed by atoms with Crippen LogP contribution in [0.2, 0.25) is 0 Å². The Bertz CT molecular complexity index is 1770. The van der Waals surface area contributed by atoms with E-state index in [1.807, 2.05) is 0 Å². The van der Waals surface area contributed by atoms with E-state index in [4.69, 9.17) is 5.11 Å². The summed E-state index contributed by atoms with van der Waals surface area (Å²) in [4.78, 5) is 24.4. The summed E-state index contributed by atoms with van der Waals surface area (Å²) in [6, 6.07) is 23.1. The van der Waals surface area contributed by atoms with Crippen LogP contribution in [-0.2, 0) is 45.2 Å². The van der Waals surface area contributed by atoms with Gasteiger partial charge in [0.1, 0.15) is 6.04 Å². The number of halogens is 3. The summed E-state index contributed by atoms with van der Waals surface area (Å²) in [6.07, 6.45) is -4.16. The van der Waals surface area contributed by atoms with E-state index in [9.17, 15) is 31.2 Å². The molecule has 4 aromatic carbocycles. The van der Waals surface area contributed by atoms with Gasteiger partial charge in [-0.05, 0) is 64.6 Å². The van der Waals surface area contributed by atoms with Gasteiger partial charge in [-0.3, -0.25) is 13.9 Å². The lowest BCUT2D eigenvalue weighted by atomic mass is 10.0. The summed E-state index contributed by atoms with van der Waals surface area (Å²) in [5.74, 6) is -1.46. The van der Waals surface area contributed by atoms with Crippen LogP contribution >= 0.6 is 0 Å². The number of sulfonamides is 1. The van der Waals surface area contributed by atoms with Gasteiger partial charge in [0.05, 0.1) is 16.1 Å². The number of aliphatic carboxylic acids is 1. The molecular formula is C32H27F3N2O5S. The minimum atomic E-state index is -4.52. The third-order valence-electron chi connectivity index (χ3n) is 7.34. The number of carboxylic acids is 1. The maximum absolute atomic E-state index is 14.0. The fourth-order valence-electron chi connectivity index (χ4n) is 5.18. The average molecular weight is 609 g/mol. The van der Waals surface area contributed by atoms with Gasteiger partial charge in [-0.2, -0.15) is 13.2 Å². The van der Waals surface area contributed by atoms with E-state index in [1.54, 1.807) is 48.5 Å². The molecule has 0 spiro atoms. The van der Waals surface area contributed by atoms with Crippen LogP contribution in [-0.4, -0.2) is 31.4 Å². The standard InChI is InChI=1S/C32H27F3N2O5S/c33-32(34,35)26-10-5-9-23(18-26)22-12-15-27(16-13-22)43(41,42)37-28-11-4-3-7-24(28)19-29(37)31(40)36-20-25-8-2-1-6-21(25)14-17-30(38)39/h1-13,15-16,18,29H,14,17,19-20H2,(H,36,40)(H,38,39)/t29-/m0/s1. The van der Waals surface area contributed by atoms with Gasteiger partial charge < -0.3 is 10.4 Å². The second kappa shape index (κ2) is 11.9. The Morgan fingerprint density at radius 1 is 0.860 bits per heavy atom. The number of carbonyl (C=O) groups excluding carboxylic acids is 1. The van der Waals surface area contributed by atoms with Crippen LogP contribution in [0.3, 0.4) is 0 Å².